The Balaban J connectivity index is 1.47. The normalized spacial score (nSPS) is 10.9. The van der Waals surface area contributed by atoms with Gasteiger partial charge in [-0.15, -0.1) is 16.8 Å². The lowest BCUT2D eigenvalue weighted by atomic mass is 10.1. The number of halogens is 1. The summed E-state index contributed by atoms with van der Waals surface area (Å²) < 4.78 is 21.0. The van der Waals surface area contributed by atoms with Crippen molar-refractivity contribution in [1.29, 1.82) is 0 Å². The molecular formula is C24H20FN3O2S. The third kappa shape index (κ3) is 4.83. The number of benzene rings is 3. The number of carbonyl (C=O) groups excluding carboxylic acids is 1. The third-order valence-corrected chi connectivity index (χ3v) is 5.68. The maximum atomic E-state index is 13.1. The van der Waals surface area contributed by atoms with E-state index in [0.717, 1.165) is 16.5 Å². The lowest BCUT2D eigenvalue weighted by Crippen LogP contribution is -2.09. The van der Waals surface area contributed by atoms with Crippen molar-refractivity contribution < 1.29 is 13.9 Å². The fourth-order valence-electron chi connectivity index (χ4n) is 3.16. The van der Waals surface area contributed by atoms with Crippen LogP contribution in [-0.4, -0.2) is 26.3 Å². The standard InChI is InChI=1S/C24H20FN3O2S/c1-2-14-28-23(15-30-22-9-5-7-17-6-3-4-8-20(17)22)26-27-24(28)31-16-21(29)18-10-12-19(25)13-11-18/h2-13H,1,14-16H2. The highest BCUT2D eigenvalue weighted by Gasteiger charge is 2.15. The minimum atomic E-state index is -0.370. The van der Waals surface area contributed by atoms with E-state index in [9.17, 15) is 9.18 Å². The number of hydrogen-bond acceptors (Lipinski definition) is 5. The zero-order chi connectivity index (χ0) is 21.6. The van der Waals surface area contributed by atoms with E-state index in [1.807, 2.05) is 47.0 Å². The Morgan fingerprint density at radius 1 is 1.06 bits per heavy atom. The van der Waals surface area contributed by atoms with Gasteiger partial charge in [-0.25, -0.2) is 4.39 Å². The van der Waals surface area contributed by atoms with Crippen LogP contribution in [0.25, 0.3) is 10.8 Å². The Morgan fingerprint density at radius 2 is 1.84 bits per heavy atom. The van der Waals surface area contributed by atoms with Crippen LogP contribution in [0.15, 0.2) is 84.5 Å². The molecule has 0 aliphatic carbocycles. The van der Waals surface area contributed by atoms with E-state index in [0.29, 0.717) is 23.1 Å². The predicted molar refractivity (Wildman–Crippen MR) is 120 cm³/mol. The lowest BCUT2D eigenvalue weighted by Gasteiger charge is -2.11. The van der Waals surface area contributed by atoms with Crippen LogP contribution < -0.4 is 4.74 Å². The summed E-state index contributed by atoms with van der Waals surface area (Å²) in [7, 11) is 0. The highest BCUT2D eigenvalue weighted by molar-refractivity contribution is 7.99. The van der Waals surface area contributed by atoms with Gasteiger partial charge in [-0.1, -0.05) is 54.2 Å². The van der Waals surface area contributed by atoms with E-state index in [-0.39, 0.29) is 24.0 Å². The number of carbonyl (C=O) groups is 1. The minimum absolute atomic E-state index is 0.105. The van der Waals surface area contributed by atoms with Crippen molar-refractivity contribution in [3.05, 3.63) is 96.6 Å². The maximum Gasteiger partial charge on any atom is 0.192 e. The average molecular weight is 434 g/mol. The molecule has 0 N–H and O–H groups in total. The first kappa shape index (κ1) is 20.8. The van der Waals surface area contributed by atoms with Crippen molar-refractivity contribution in [2.75, 3.05) is 5.75 Å². The molecule has 31 heavy (non-hydrogen) atoms. The van der Waals surface area contributed by atoms with Gasteiger partial charge in [0.15, 0.2) is 16.8 Å². The molecule has 0 fully saturated rings. The molecule has 0 unspecified atom stereocenters. The highest BCUT2D eigenvalue weighted by atomic mass is 32.2. The zero-order valence-electron chi connectivity index (χ0n) is 16.7. The molecular weight excluding hydrogens is 413 g/mol. The Morgan fingerprint density at radius 3 is 2.65 bits per heavy atom. The van der Waals surface area contributed by atoms with Crippen molar-refractivity contribution in [3.8, 4) is 5.75 Å². The molecule has 0 saturated heterocycles. The van der Waals surface area contributed by atoms with Crippen LogP contribution in [0, 0.1) is 5.82 Å². The molecule has 0 amide bonds. The van der Waals surface area contributed by atoms with Gasteiger partial charge in [0.25, 0.3) is 0 Å². The van der Waals surface area contributed by atoms with Gasteiger partial charge in [-0.05, 0) is 35.7 Å². The van der Waals surface area contributed by atoms with Crippen molar-refractivity contribution >= 4 is 28.3 Å². The topological polar surface area (TPSA) is 57.0 Å². The number of aromatic nitrogens is 3. The van der Waals surface area contributed by atoms with E-state index < -0.39 is 0 Å². The number of allylic oxidation sites excluding steroid dienone is 1. The van der Waals surface area contributed by atoms with Crippen LogP contribution in [0.5, 0.6) is 5.75 Å². The molecule has 0 saturated carbocycles. The summed E-state index contributed by atoms with van der Waals surface area (Å²) in [6, 6.07) is 19.5. The summed E-state index contributed by atoms with van der Waals surface area (Å²) >= 11 is 1.28. The molecule has 7 heteroatoms. The first-order valence-electron chi connectivity index (χ1n) is 9.71. The van der Waals surface area contributed by atoms with Gasteiger partial charge in [0.2, 0.25) is 0 Å². The molecule has 1 heterocycles. The summed E-state index contributed by atoms with van der Waals surface area (Å²) in [6.45, 7) is 4.53. The molecule has 0 spiro atoms. The molecule has 0 aliphatic rings. The number of thioether (sulfide) groups is 1. The second-order valence-electron chi connectivity index (χ2n) is 6.78. The number of nitrogens with zero attached hydrogens (tertiary/aromatic N) is 3. The van der Waals surface area contributed by atoms with E-state index in [4.69, 9.17) is 4.74 Å². The van der Waals surface area contributed by atoms with Gasteiger partial charge in [-0.3, -0.25) is 9.36 Å². The Kier molecular flexibility index (Phi) is 6.43. The van der Waals surface area contributed by atoms with Gasteiger partial charge in [0.1, 0.15) is 18.2 Å². The van der Waals surface area contributed by atoms with Crippen LogP contribution in [-0.2, 0) is 13.2 Å². The van der Waals surface area contributed by atoms with Crippen LogP contribution in [0.2, 0.25) is 0 Å². The van der Waals surface area contributed by atoms with Crippen molar-refractivity contribution in [3.63, 3.8) is 0 Å². The molecule has 5 nitrogen and oxygen atoms in total. The second-order valence-corrected chi connectivity index (χ2v) is 7.73. The van der Waals surface area contributed by atoms with Crippen LogP contribution >= 0.6 is 11.8 Å². The summed E-state index contributed by atoms with van der Waals surface area (Å²) in [5.41, 5.74) is 0.461. The smallest absolute Gasteiger partial charge is 0.192 e. The molecule has 4 aromatic rings. The third-order valence-electron chi connectivity index (χ3n) is 4.71. The molecule has 3 aromatic carbocycles. The SMILES string of the molecule is C=CCn1c(COc2cccc3ccccc23)nnc1SCC(=O)c1ccc(F)cc1. The van der Waals surface area contributed by atoms with Gasteiger partial charge in [0, 0.05) is 17.5 Å². The fraction of sp³-hybridized carbons (Fsp3) is 0.125. The molecule has 0 atom stereocenters. The monoisotopic (exact) mass is 433 g/mol. The summed E-state index contributed by atoms with van der Waals surface area (Å²) in [5, 5.41) is 11.2. The number of ketones is 1. The predicted octanol–water partition coefficient (Wildman–Crippen LogP) is 5.31. The van der Waals surface area contributed by atoms with E-state index in [2.05, 4.69) is 16.8 Å². The fourth-order valence-corrected chi connectivity index (χ4v) is 4.02. The second kappa shape index (κ2) is 9.57. The Labute approximate surface area is 183 Å². The van der Waals surface area contributed by atoms with Gasteiger partial charge in [-0.2, -0.15) is 0 Å². The number of Topliss-reactive ketones (excluding diaryl/α,β-unsaturated/α-hetero) is 1. The quantitative estimate of drug-likeness (QED) is 0.203. The highest BCUT2D eigenvalue weighted by Crippen LogP contribution is 2.26. The number of fused-ring (bicyclic) bond motifs is 1. The Bertz CT molecular complexity index is 1220. The first-order chi connectivity index (χ1) is 15.2. The van der Waals surface area contributed by atoms with E-state index in [1.165, 1.54) is 36.0 Å². The van der Waals surface area contributed by atoms with Crippen LogP contribution in [0.1, 0.15) is 16.2 Å². The zero-order valence-corrected chi connectivity index (χ0v) is 17.5. The molecule has 156 valence electrons. The molecule has 0 aliphatic heterocycles. The van der Waals surface area contributed by atoms with Crippen molar-refractivity contribution in [2.45, 2.75) is 18.3 Å². The van der Waals surface area contributed by atoms with Crippen molar-refractivity contribution in [2.24, 2.45) is 0 Å². The van der Waals surface area contributed by atoms with Crippen LogP contribution in [0.4, 0.5) is 4.39 Å². The number of rotatable bonds is 9. The van der Waals surface area contributed by atoms with Crippen LogP contribution in [0.3, 0.4) is 0 Å². The molecule has 0 radical (unpaired) electrons. The summed E-state index contributed by atoms with van der Waals surface area (Å²) in [5.74, 6) is 1.11. The Hall–Kier alpha value is -3.45. The maximum absolute atomic E-state index is 13.1. The largest absolute Gasteiger partial charge is 0.485 e. The number of ether oxygens (including phenoxy) is 1. The number of hydrogen-bond donors (Lipinski definition) is 0. The lowest BCUT2D eigenvalue weighted by molar-refractivity contribution is 0.102. The van der Waals surface area contributed by atoms with Crippen molar-refractivity contribution in [1.82, 2.24) is 14.8 Å². The van der Waals surface area contributed by atoms with Gasteiger partial charge >= 0.3 is 0 Å². The van der Waals surface area contributed by atoms with E-state index >= 15 is 0 Å². The molecule has 4 rings (SSSR count). The molecule has 0 bridgehead atoms. The average Bonchev–Trinajstić information content (AvgIpc) is 3.18. The van der Waals surface area contributed by atoms with Gasteiger partial charge in [0.05, 0.1) is 5.75 Å². The first-order valence-corrected chi connectivity index (χ1v) is 10.7. The van der Waals surface area contributed by atoms with E-state index in [1.54, 1.807) is 6.08 Å². The van der Waals surface area contributed by atoms with Gasteiger partial charge < -0.3 is 4.74 Å². The summed E-state index contributed by atoms with van der Waals surface area (Å²) in [6.07, 6.45) is 1.75. The summed E-state index contributed by atoms with van der Waals surface area (Å²) in [4.78, 5) is 12.4. The minimum Gasteiger partial charge on any atom is -0.485 e. The molecule has 1 aromatic heterocycles.